The summed E-state index contributed by atoms with van der Waals surface area (Å²) >= 11 is 1.40. The molecule has 0 aliphatic carbocycles. The summed E-state index contributed by atoms with van der Waals surface area (Å²) in [7, 11) is 0. The van der Waals surface area contributed by atoms with Crippen molar-refractivity contribution in [2.75, 3.05) is 11.1 Å². The highest BCUT2D eigenvalue weighted by Gasteiger charge is 2.06. The minimum Gasteiger partial charge on any atom is -0.326 e. The average Bonchev–Trinajstić information content (AvgIpc) is 2.61. The normalized spacial score (nSPS) is 10.8. The van der Waals surface area contributed by atoms with Crippen molar-refractivity contribution in [3.8, 4) is 0 Å². The number of halogens is 1. The van der Waals surface area contributed by atoms with Crippen molar-refractivity contribution in [1.29, 1.82) is 0 Å². The molecule has 128 valence electrons. The molecule has 0 radical (unpaired) electrons. The standard InChI is InChI=1S/C18H16FN3O2S/c19-12-7-9-13(10-8-12)20-16(23)6-3-11-25-18-21-15-5-2-1-4-14(15)17(24)22-18/h1-2,4-5,7-10H,3,6,11H2,(H,20,23)(H,21,22,24). The average molecular weight is 357 g/mol. The van der Waals surface area contributed by atoms with Gasteiger partial charge in [-0.15, -0.1) is 0 Å². The Kier molecular flexibility index (Phi) is 5.45. The van der Waals surface area contributed by atoms with Crippen LogP contribution in [0.5, 0.6) is 0 Å². The molecule has 1 amide bonds. The lowest BCUT2D eigenvalue weighted by atomic mass is 10.2. The summed E-state index contributed by atoms with van der Waals surface area (Å²) in [6, 6.07) is 12.8. The zero-order chi connectivity index (χ0) is 17.6. The quantitative estimate of drug-likeness (QED) is 0.402. The number of para-hydroxylation sites is 1. The number of carbonyl (C=O) groups is 1. The topological polar surface area (TPSA) is 74.8 Å². The van der Waals surface area contributed by atoms with Gasteiger partial charge in [0, 0.05) is 17.9 Å². The zero-order valence-electron chi connectivity index (χ0n) is 13.3. The van der Waals surface area contributed by atoms with Crippen LogP contribution in [0, 0.1) is 5.82 Å². The van der Waals surface area contributed by atoms with E-state index < -0.39 is 0 Å². The highest BCUT2D eigenvalue weighted by Crippen LogP contribution is 2.16. The first-order chi connectivity index (χ1) is 12.1. The maximum atomic E-state index is 12.8. The molecule has 2 aromatic carbocycles. The van der Waals surface area contributed by atoms with Crippen molar-refractivity contribution in [3.05, 3.63) is 64.7 Å². The third kappa shape index (κ3) is 4.67. The minimum atomic E-state index is -0.341. The second-order valence-corrected chi connectivity index (χ2v) is 6.48. The molecule has 5 nitrogen and oxygen atoms in total. The Bertz CT molecular complexity index is 941. The highest BCUT2D eigenvalue weighted by molar-refractivity contribution is 7.99. The van der Waals surface area contributed by atoms with E-state index in [-0.39, 0.29) is 17.3 Å². The van der Waals surface area contributed by atoms with Gasteiger partial charge >= 0.3 is 0 Å². The summed E-state index contributed by atoms with van der Waals surface area (Å²) in [5, 5.41) is 3.82. The number of carbonyl (C=O) groups excluding carboxylic acids is 1. The summed E-state index contributed by atoms with van der Waals surface area (Å²) in [5.74, 6) is 0.177. The summed E-state index contributed by atoms with van der Waals surface area (Å²) < 4.78 is 12.8. The third-order valence-corrected chi connectivity index (χ3v) is 4.47. The maximum Gasteiger partial charge on any atom is 0.259 e. The number of H-pyrrole nitrogens is 1. The van der Waals surface area contributed by atoms with Crippen molar-refractivity contribution in [3.63, 3.8) is 0 Å². The molecule has 0 saturated heterocycles. The molecule has 7 heteroatoms. The molecule has 2 N–H and O–H groups in total. The van der Waals surface area contributed by atoms with Crippen LogP contribution in [0.2, 0.25) is 0 Å². The smallest absolute Gasteiger partial charge is 0.259 e. The number of aromatic nitrogens is 2. The SMILES string of the molecule is O=C(CCCSc1nc2ccccc2c(=O)[nH]1)Nc1ccc(F)cc1. The van der Waals surface area contributed by atoms with Crippen molar-refractivity contribution < 1.29 is 9.18 Å². The van der Waals surface area contributed by atoms with E-state index in [1.807, 2.05) is 6.07 Å². The van der Waals surface area contributed by atoms with E-state index in [1.165, 1.54) is 36.0 Å². The number of amides is 1. The first-order valence-corrected chi connectivity index (χ1v) is 8.78. The fourth-order valence-corrected chi connectivity index (χ4v) is 3.10. The van der Waals surface area contributed by atoms with Gasteiger partial charge in [0.1, 0.15) is 5.82 Å². The molecule has 0 bridgehead atoms. The van der Waals surface area contributed by atoms with Gasteiger partial charge in [0.05, 0.1) is 10.9 Å². The van der Waals surface area contributed by atoms with Gasteiger partial charge in [0.2, 0.25) is 5.91 Å². The number of rotatable bonds is 6. The molecular formula is C18H16FN3O2S. The van der Waals surface area contributed by atoms with Gasteiger partial charge < -0.3 is 10.3 Å². The molecule has 0 atom stereocenters. The Morgan fingerprint density at radius 3 is 2.72 bits per heavy atom. The Morgan fingerprint density at radius 2 is 1.92 bits per heavy atom. The van der Waals surface area contributed by atoms with Crippen molar-refractivity contribution >= 4 is 34.3 Å². The lowest BCUT2D eigenvalue weighted by Gasteiger charge is -2.05. The van der Waals surface area contributed by atoms with E-state index in [0.717, 1.165) is 0 Å². The second kappa shape index (κ2) is 7.94. The predicted octanol–water partition coefficient (Wildman–Crippen LogP) is 3.57. The second-order valence-electron chi connectivity index (χ2n) is 5.40. The summed E-state index contributed by atoms with van der Waals surface area (Å²) in [5.41, 5.74) is 1.06. The van der Waals surface area contributed by atoms with Crippen LogP contribution in [0.3, 0.4) is 0 Å². The van der Waals surface area contributed by atoms with Gasteiger partial charge in [-0.05, 0) is 42.8 Å². The van der Waals surface area contributed by atoms with Crippen molar-refractivity contribution in [2.45, 2.75) is 18.0 Å². The van der Waals surface area contributed by atoms with E-state index >= 15 is 0 Å². The number of nitrogens with zero attached hydrogens (tertiary/aromatic N) is 1. The van der Waals surface area contributed by atoms with Gasteiger partial charge in [0.25, 0.3) is 5.56 Å². The first kappa shape index (κ1) is 17.2. The fourth-order valence-electron chi connectivity index (χ4n) is 2.29. The summed E-state index contributed by atoms with van der Waals surface area (Å²) in [6.45, 7) is 0. The molecule has 0 saturated carbocycles. The molecule has 1 aromatic heterocycles. The molecule has 3 aromatic rings. The molecule has 3 rings (SSSR count). The number of thioether (sulfide) groups is 1. The van der Waals surface area contributed by atoms with Crippen LogP contribution >= 0.6 is 11.8 Å². The van der Waals surface area contributed by atoms with Crippen molar-refractivity contribution in [2.24, 2.45) is 0 Å². The first-order valence-electron chi connectivity index (χ1n) is 7.79. The number of benzene rings is 2. The van der Waals surface area contributed by atoms with Gasteiger partial charge in [0.15, 0.2) is 5.16 Å². The number of aromatic amines is 1. The molecule has 1 heterocycles. The fraction of sp³-hybridized carbons (Fsp3) is 0.167. The van der Waals surface area contributed by atoms with Crippen molar-refractivity contribution in [1.82, 2.24) is 9.97 Å². The lowest BCUT2D eigenvalue weighted by Crippen LogP contribution is -2.12. The summed E-state index contributed by atoms with van der Waals surface area (Å²) in [4.78, 5) is 31.0. The van der Waals surface area contributed by atoms with Crippen LogP contribution in [0.15, 0.2) is 58.5 Å². The van der Waals surface area contributed by atoms with Crippen LogP contribution in [0.25, 0.3) is 10.9 Å². The van der Waals surface area contributed by atoms with E-state index in [9.17, 15) is 14.0 Å². The van der Waals surface area contributed by atoms with Crippen LogP contribution in [0.1, 0.15) is 12.8 Å². The maximum absolute atomic E-state index is 12.8. The number of fused-ring (bicyclic) bond motifs is 1. The molecule has 0 unspecified atom stereocenters. The van der Waals surface area contributed by atoms with Crippen LogP contribution in [-0.2, 0) is 4.79 Å². The number of hydrogen-bond acceptors (Lipinski definition) is 4. The molecule has 0 fully saturated rings. The Hall–Kier alpha value is -2.67. The molecule has 0 spiro atoms. The number of hydrogen-bond donors (Lipinski definition) is 2. The Labute approximate surface area is 147 Å². The van der Waals surface area contributed by atoms with E-state index in [1.54, 1.807) is 18.2 Å². The van der Waals surface area contributed by atoms with Gasteiger partial charge in [-0.3, -0.25) is 9.59 Å². The molecule has 0 aliphatic heterocycles. The van der Waals surface area contributed by atoms with Crippen LogP contribution in [-0.4, -0.2) is 21.6 Å². The van der Waals surface area contributed by atoms with Crippen LogP contribution in [0.4, 0.5) is 10.1 Å². The Morgan fingerprint density at radius 1 is 1.16 bits per heavy atom. The minimum absolute atomic E-state index is 0.132. The lowest BCUT2D eigenvalue weighted by molar-refractivity contribution is -0.116. The Balaban J connectivity index is 1.49. The van der Waals surface area contributed by atoms with Gasteiger partial charge in [-0.25, -0.2) is 9.37 Å². The zero-order valence-corrected chi connectivity index (χ0v) is 14.1. The molecule has 0 aliphatic rings. The third-order valence-electron chi connectivity index (χ3n) is 3.51. The molecular weight excluding hydrogens is 341 g/mol. The van der Waals surface area contributed by atoms with E-state index in [0.29, 0.717) is 40.3 Å². The van der Waals surface area contributed by atoms with Gasteiger partial charge in [-0.2, -0.15) is 0 Å². The van der Waals surface area contributed by atoms with E-state index in [4.69, 9.17) is 0 Å². The van der Waals surface area contributed by atoms with Crippen LogP contribution < -0.4 is 10.9 Å². The number of anilines is 1. The highest BCUT2D eigenvalue weighted by atomic mass is 32.2. The monoisotopic (exact) mass is 357 g/mol. The van der Waals surface area contributed by atoms with Gasteiger partial charge in [-0.1, -0.05) is 23.9 Å². The largest absolute Gasteiger partial charge is 0.326 e. The molecule has 25 heavy (non-hydrogen) atoms. The van der Waals surface area contributed by atoms with E-state index in [2.05, 4.69) is 15.3 Å². The predicted molar refractivity (Wildman–Crippen MR) is 97.4 cm³/mol. The number of nitrogens with one attached hydrogen (secondary N) is 2. The summed E-state index contributed by atoms with van der Waals surface area (Å²) in [6.07, 6.45) is 0.969.